The van der Waals surface area contributed by atoms with Crippen LogP contribution in [0, 0.1) is 10.1 Å². The van der Waals surface area contributed by atoms with Gasteiger partial charge in [-0.2, -0.15) is 0 Å². The van der Waals surface area contributed by atoms with Gasteiger partial charge in [0.1, 0.15) is 10.7 Å². The van der Waals surface area contributed by atoms with Crippen molar-refractivity contribution < 1.29 is 9.34 Å². The first kappa shape index (κ1) is 14.0. The SMILES string of the molecule is CN1CCN(CCNCc2ccc([N+](=O)[O-])o2)CC1. The average molecular weight is 268 g/mol. The zero-order valence-corrected chi connectivity index (χ0v) is 11.2. The molecular formula is C12H20N4O3. The van der Waals surface area contributed by atoms with Crippen LogP contribution in [0.25, 0.3) is 0 Å². The van der Waals surface area contributed by atoms with E-state index in [1.54, 1.807) is 6.07 Å². The van der Waals surface area contributed by atoms with Crippen molar-refractivity contribution >= 4 is 5.88 Å². The Bertz CT molecular complexity index is 413. The highest BCUT2D eigenvalue weighted by molar-refractivity contribution is 5.17. The second kappa shape index (κ2) is 6.65. The summed E-state index contributed by atoms with van der Waals surface area (Å²) in [4.78, 5) is 14.7. The van der Waals surface area contributed by atoms with Crippen molar-refractivity contribution in [3.05, 3.63) is 28.0 Å². The summed E-state index contributed by atoms with van der Waals surface area (Å²) in [6.45, 7) is 6.82. The van der Waals surface area contributed by atoms with E-state index in [0.717, 1.165) is 39.3 Å². The lowest BCUT2D eigenvalue weighted by Gasteiger charge is -2.32. The van der Waals surface area contributed by atoms with Gasteiger partial charge in [-0.05, 0) is 13.1 Å². The largest absolute Gasteiger partial charge is 0.433 e. The number of nitrogens with one attached hydrogen (secondary N) is 1. The molecule has 1 N–H and O–H groups in total. The summed E-state index contributed by atoms with van der Waals surface area (Å²) >= 11 is 0. The molecule has 1 aromatic heterocycles. The predicted molar refractivity (Wildman–Crippen MR) is 71.0 cm³/mol. The third kappa shape index (κ3) is 4.30. The van der Waals surface area contributed by atoms with E-state index < -0.39 is 4.92 Å². The minimum absolute atomic E-state index is 0.198. The van der Waals surface area contributed by atoms with Crippen LogP contribution in [0.2, 0.25) is 0 Å². The molecular weight excluding hydrogens is 248 g/mol. The van der Waals surface area contributed by atoms with Gasteiger partial charge < -0.3 is 14.6 Å². The average Bonchev–Trinajstić information content (AvgIpc) is 2.86. The minimum atomic E-state index is -0.520. The molecule has 0 spiro atoms. The molecule has 1 aliphatic rings. The lowest BCUT2D eigenvalue weighted by Crippen LogP contribution is -2.46. The number of hydrogen-bond donors (Lipinski definition) is 1. The van der Waals surface area contributed by atoms with Crippen LogP contribution in [0.15, 0.2) is 16.5 Å². The molecule has 1 aliphatic heterocycles. The number of likely N-dealkylation sites (N-methyl/N-ethyl adjacent to an activating group) is 1. The van der Waals surface area contributed by atoms with Crippen molar-refractivity contribution in [1.82, 2.24) is 15.1 Å². The van der Waals surface area contributed by atoms with Crippen LogP contribution in [0.3, 0.4) is 0 Å². The van der Waals surface area contributed by atoms with Gasteiger partial charge in [-0.15, -0.1) is 0 Å². The Balaban J connectivity index is 1.62. The molecule has 1 saturated heterocycles. The molecule has 1 fully saturated rings. The van der Waals surface area contributed by atoms with E-state index in [0.29, 0.717) is 12.3 Å². The van der Waals surface area contributed by atoms with Gasteiger partial charge in [-0.3, -0.25) is 15.0 Å². The molecule has 7 nitrogen and oxygen atoms in total. The first-order valence-corrected chi connectivity index (χ1v) is 6.50. The first-order chi connectivity index (χ1) is 9.15. The van der Waals surface area contributed by atoms with Crippen LogP contribution < -0.4 is 5.32 Å². The molecule has 106 valence electrons. The maximum absolute atomic E-state index is 10.5. The normalized spacial score (nSPS) is 17.7. The lowest BCUT2D eigenvalue weighted by atomic mass is 10.3. The highest BCUT2D eigenvalue weighted by Crippen LogP contribution is 2.14. The quantitative estimate of drug-likeness (QED) is 0.461. The molecule has 0 radical (unpaired) electrons. The Morgan fingerprint density at radius 1 is 1.37 bits per heavy atom. The lowest BCUT2D eigenvalue weighted by molar-refractivity contribution is -0.402. The van der Waals surface area contributed by atoms with Gasteiger partial charge >= 0.3 is 5.88 Å². The minimum Gasteiger partial charge on any atom is -0.404 e. The zero-order chi connectivity index (χ0) is 13.7. The number of piperazine rings is 1. The molecule has 2 rings (SSSR count). The standard InChI is InChI=1S/C12H20N4O3/c1-14-6-8-15(9-7-14)5-4-13-10-11-2-3-12(19-11)16(17)18/h2-3,13H,4-10H2,1H3. The summed E-state index contributed by atoms with van der Waals surface area (Å²) in [7, 11) is 2.14. The number of furan rings is 1. The van der Waals surface area contributed by atoms with E-state index in [2.05, 4.69) is 22.2 Å². The van der Waals surface area contributed by atoms with Crippen molar-refractivity contribution in [2.45, 2.75) is 6.54 Å². The van der Waals surface area contributed by atoms with E-state index >= 15 is 0 Å². The van der Waals surface area contributed by atoms with Gasteiger partial charge in [0.25, 0.3) is 0 Å². The molecule has 7 heteroatoms. The Labute approximate surface area is 112 Å². The van der Waals surface area contributed by atoms with Gasteiger partial charge in [-0.1, -0.05) is 0 Å². The van der Waals surface area contributed by atoms with Crippen LogP contribution in [-0.2, 0) is 6.54 Å². The van der Waals surface area contributed by atoms with Crippen LogP contribution in [-0.4, -0.2) is 61.0 Å². The van der Waals surface area contributed by atoms with Gasteiger partial charge in [0.2, 0.25) is 0 Å². The maximum Gasteiger partial charge on any atom is 0.433 e. The summed E-state index contributed by atoms with van der Waals surface area (Å²) < 4.78 is 5.07. The Hall–Kier alpha value is -1.44. The maximum atomic E-state index is 10.5. The molecule has 0 atom stereocenters. The topological polar surface area (TPSA) is 74.8 Å². The molecule has 0 amide bonds. The number of rotatable bonds is 6. The van der Waals surface area contributed by atoms with Gasteiger partial charge in [0.15, 0.2) is 0 Å². The van der Waals surface area contributed by atoms with Crippen LogP contribution in [0.5, 0.6) is 0 Å². The molecule has 1 aromatic rings. The van der Waals surface area contributed by atoms with Crippen LogP contribution in [0.4, 0.5) is 5.88 Å². The molecule has 0 bridgehead atoms. The highest BCUT2D eigenvalue weighted by atomic mass is 16.6. The number of nitrogens with zero attached hydrogens (tertiary/aromatic N) is 3. The third-order valence-electron chi connectivity index (χ3n) is 3.33. The fraction of sp³-hybridized carbons (Fsp3) is 0.667. The fourth-order valence-electron chi connectivity index (χ4n) is 2.08. The van der Waals surface area contributed by atoms with Crippen molar-refractivity contribution in [2.24, 2.45) is 0 Å². The Morgan fingerprint density at radius 2 is 2.11 bits per heavy atom. The number of hydrogen-bond acceptors (Lipinski definition) is 6. The first-order valence-electron chi connectivity index (χ1n) is 6.50. The predicted octanol–water partition coefficient (Wildman–Crippen LogP) is 0.525. The number of nitro groups is 1. The molecule has 0 aromatic carbocycles. The van der Waals surface area contributed by atoms with Crippen LogP contribution >= 0.6 is 0 Å². The molecule has 0 aliphatic carbocycles. The Morgan fingerprint density at radius 3 is 2.74 bits per heavy atom. The van der Waals surface area contributed by atoms with Crippen molar-refractivity contribution in [3.8, 4) is 0 Å². The van der Waals surface area contributed by atoms with E-state index in [-0.39, 0.29) is 5.88 Å². The van der Waals surface area contributed by atoms with E-state index in [1.165, 1.54) is 6.07 Å². The summed E-state index contributed by atoms with van der Waals surface area (Å²) in [6, 6.07) is 3.03. The second-order valence-corrected chi connectivity index (χ2v) is 4.82. The molecule has 2 heterocycles. The Kier molecular flexibility index (Phi) is 4.89. The van der Waals surface area contributed by atoms with Gasteiger partial charge in [0.05, 0.1) is 12.6 Å². The van der Waals surface area contributed by atoms with E-state index in [4.69, 9.17) is 4.42 Å². The van der Waals surface area contributed by atoms with Gasteiger partial charge in [0, 0.05) is 39.3 Å². The third-order valence-corrected chi connectivity index (χ3v) is 3.33. The summed E-state index contributed by atoms with van der Waals surface area (Å²) in [6.07, 6.45) is 0. The van der Waals surface area contributed by atoms with E-state index in [1.807, 2.05) is 0 Å². The monoisotopic (exact) mass is 268 g/mol. The van der Waals surface area contributed by atoms with E-state index in [9.17, 15) is 10.1 Å². The molecule has 19 heavy (non-hydrogen) atoms. The summed E-state index contributed by atoms with van der Waals surface area (Å²) in [5.74, 6) is 0.404. The van der Waals surface area contributed by atoms with Crippen molar-refractivity contribution in [3.63, 3.8) is 0 Å². The smallest absolute Gasteiger partial charge is 0.404 e. The second-order valence-electron chi connectivity index (χ2n) is 4.82. The van der Waals surface area contributed by atoms with Crippen molar-refractivity contribution in [1.29, 1.82) is 0 Å². The summed E-state index contributed by atoms with van der Waals surface area (Å²) in [5.41, 5.74) is 0. The summed E-state index contributed by atoms with van der Waals surface area (Å²) in [5, 5.41) is 13.7. The van der Waals surface area contributed by atoms with Gasteiger partial charge in [-0.25, -0.2) is 0 Å². The zero-order valence-electron chi connectivity index (χ0n) is 11.2. The highest BCUT2D eigenvalue weighted by Gasteiger charge is 2.13. The van der Waals surface area contributed by atoms with Crippen molar-refractivity contribution in [2.75, 3.05) is 46.3 Å². The van der Waals surface area contributed by atoms with Crippen LogP contribution in [0.1, 0.15) is 5.76 Å². The molecule has 0 saturated carbocycles. The fourth-order valence-corrected chi connectivity index (χ4v) is 2.08. The molecule has 0 unspecified atom stereocenters.